The third kappa shape index (κ3) is 3.30. The van der Waals surface area contributed by atoms with Crippen LogP contribution in [0.25, 0.3) is 0 Å². The zero-order valence-electron chi connectivity index (χ0n) is 10.8. The monoisotopic (exact) mass is 237 g/mol. The Morgan fingerprint density at radius 2 is 1.94 bits per heavy atom. The molecular formula is C14H23NO2. The highest BCUT2D eigenvalue weighted by molar-refractivity contribution is 5.87. The first-order valence-corrected chi connectivity index (χ1v) is 6.97. The van der Waals surface area contributed by atoms with Crippen LogP contribution in [0.1, 0.15) is 51.9 Å². The van der Waals surface area contributed by atoms with Gasteiger partial charge in [0.05, 0.1) is 6.54 Å². The maximum Gasteiger partial charge on any atom is 0.222 e. The number of hydrogen-bond donors (Lipinski definition) is 0. The van der Waals surface area contributed by atoms with Gasteiger partial charge in [-0.1, -0.05) is 19.8 Å². The van der Waals surface area contributed by atoms with Crippen molar-refractivity contribution in [1.82, 2.24) is 4.90 Å². The van der Waals surface area contributed by atoms with E-state index in [-0.39, 0.29) is 11.8 Å². The van der Waals surface area contributed by atoms with Crippen molar-refractivity contribution in [3.05, 3.63) is 0 Å². The molecule has 2 fully saturated rings. The topological polar surface area (TPSA) is 37.4 Å². The second-order valence-electron chi connectivity index (χ2n) is 5.70. The lowest BCUT2D eigenvalue weighted by Crippen LogP contribution is -2.37. The zero-order valence-corrected chi connectivity index (χ0v) is 10.8. The highest BCUT2D eigenvalue weighted by Gasteiger charge is 2.27. The first-order chi connectivity index (χ1) is 8.16. The van der Waals surface area contributed by atoms with E-state index in [0.29, 0.717) is 24.7 Å². The molecule has 0 N–H and O–H groups in total. The van der Waals surface area contributed by atoms with Crippen LogP contribution < -0.4 is 0 Å². The van der Waals surface area contributed by atoms with Crippen molar-refractivity contribution < 1.29 is 9.59 Å². The van der Waals surface area contributed by atoms with Crippen LogP contribution in [-0.2, 0) is 9.59 Å². The minimum atomic E-state index is 0.181. The fraction of sp³-hybridized carbons (Fsp3) is 0.857. The Bertz CT molecular complexity index is 295. The van der Waals surface area contributed by atoms with Crippen molar-refractivity contribution in [2.24, 2.45) is 11.8 Å². The van der Waals surface area contributed by atoms with Gasteiger partial charge < -0.3 is 4.90 Å². The van der Waals surface area contributed by atoms with Gasteiger partial charge in [-0.15, -0.1) is 0 Å². The molecule has 1 amide bonds. The number of Topliss-reactive ketones (excluding diaryl/α,β-unsaturated/α-hetero) is 1. The maximum absolute atomic E-state index is 12.1. The molecule has 0 aromatic heterocycles. The summed E-state index contributed by atoms with van der Waals surface area (Å²) in [6.45, 7) is 3.34. The summed E-state index contributed by atoms with van der Waals surface area (Å²) >= 11 is 0. The highest BCUT2D eigenvalue weighted by atomic mass is 16.2. The van der Waals surface area contributed by atoms with E-state index in [4.69, 9.17) is 0 Å². The van der Waals surface area contributed by atoms with Crippen molar-refractivity contribution in [3.63, 3.8) is 0 Å². The predicted octanol–water partition coefficient (Wildman–Crippen LogP) is 2.39. The smallest absolute Gasteiger partial charge is 0.222 e. The molecule has 1 heterocycles. The van der Waals surface area contributed by atoms with Gasteiger partial charge in [0.15, 0.2) is 5.78 Å². The average molecular weight is 237 g/mol. The molecule has 0 aromatic rings. The highest BCUT2D eigenvalue weighted by Crippen LogP contribution is 2.26. The Morgan fingerprint density at radius 1 is 1.24 bits per heavy atom. The molecule has 0 aromatic carbocycles. The van der Waals surface area contributed by atoms with Crippen LogP contribution in [0.2, 0.25) is 0 Å². The summed E-state index contributed by atoms with van der Waals surface area (Å²) in [5.74, 6) is 1.33. The van der Waals surface area contributed by atoms with Crippen molar-refractivity contribution in [2.75, 3.05) is 13.1 Å². The van der Waals surface area contributed by atoms with Crippen LogP contribution in [0.5, 0.6) is 0 Å². The van der Waals surface area contributed by atoms with E-state index in [2.05, 4.69) is 6.92 Å². The van der Waals surface area contributed by atoms with E-state index in [9.17, 15) is 9.59 Å². The summed E-state index contributed by atoms with van der Waals surface area (Å²) in [6, 6.07) is 0. The standard InChI is InChI=1S/C14H23NO2/c1-11-6-7-14(17)15(9-8-11)10-13(16)12-4-2-3-5-12/h11-12H,2-10H2,1H3. The summed E-state index contributed by atoms with van der Waals surface area (Å²) in [5.41, 5.74) is 0. The van der Waals surface area contributed by atoms with Crippen molar-refractivity contribution >= 4 is 11.7 Å². The summed E-state index contributed by atoms with van der Waals surface area (Å²) < 4.78 is 0. The summed E-state index contributed by atoms with van der Waals surface area (Å²) in [4.78, 5) is 25.7. The molecule has 2 aliphatic rings. The number of ketones is 1. The first-order valence-electron chi connectivity index (χ1n) is 6.97. The Balaban J connectivity index is 1.87. The molecule has 3 nitrogen and oxygen atoms in total. The summed E-state index contributed by atoms with van der Waals surface area (Å²) in [6.07, 6.45) is 7.09. The number of hydrogen-bond acceptors (Lipinski definition) is 2. The second-order valence-corrected chi connectivity index (χ2v) is 5.70. The summed E-state index contributed by atoms with van der Waals surface area (Å²) in [5, 5.41) is 0. The Morgan fingerprint density at radius 3 is 2.65 bits per heavy atom. The second kappa shape index (κ2) is 5.65. The molecule has 0 radical (unpaired) electrons. The van der Waals surface area contributed by atoms with Gasteiger partial charge in [-0.2, -0.15) is 0 Å². The van der Waals surface area contributed by atoms with Crippen LogP contribution in [0, 0.1) is 11.8 Å². The van der Waals surface area contributed by atoms with Crippen LogP contribution in [0.15, 0.2) is 0 Å². The molecular weight excluding hydrogens is 214 g/mol. The van der Waals surface area contributed by atoms with Gasteiger partial charge in [0.25, 0.3) is 0 Å². The third-order valence-electron chi connectivity index (χ3n) is 4.25. The number of rotatable bonds is 3. The number of amides is 1. The molecule has 0 spiro atoms. The van der Waals surface area contributed by atoms with E-state index in [1.54, 1.807) is 4.90 Å². The van der Waals surface area contributed by atoms with Crippen LogP contribution >= 0.6 is 0 Å². The number of carbonyl (C=O) groups is 2. The molecule has 1 saturated heterocycles. The van der Waals surface area contributed by atoms with Gasteiger partial charge in [-0.05, 0) is 31.6 Å². The molecule has 1 unspecified atom stereocenters. The van der Waals surface area contributed by atoms with Crippen LogP contribution in [0.4, 0.5) is 0 Å². The molecule has 3 heteroatoms. The lowest BCUT2D eigenvalue weighted by atomic mass is 10.0. The number of carbonyl (C=O) groups excluding carboxylic acids is 2. The van der Waals surface area contributed by atoms with Gasteiger partial charge >= 0.3 is 0 Å². The lowest BCUT2D eigenvalue weighted by Gasteiger charge is -2.21. The normalized spacial score (nSPS) is 27.2. The third-order valence-corrected chi connectivity index (χ3v) is 4.25. The van der Waals surface area contributed by atoms with Crippen LogP contribution in [-0.4, -0.2) is 29.7 Å². The largest absolute Gasteiger partial charge is 0.335 e. The fourth-order valence-electron chi connectivity index (χ4n) is 2.91. The van der Waals surface area contributed by atoms with Gasteiger partial charge in [-0.3, -0.25) is 9.59 Å². The fourth-order valence-corrected chi connectivity index (χ4v) is 2.91. The lowest BCUT2D eigenvalue weighted by molar-refractivity contribution is -0.136. The quantitative estimate of drug-likeness (QED) is 0.756. The van der Waals surface area contributed by atoms with E-state index in [0.717, 1.165) is 32.2 Å². The van der Waals surface area contributed by atoms with E-state index in [1.807, 2.05) is 0 Å². The van der Waals surface area contributed by atoms with Gasteiger partial charge in [0, 0.05) is 18.9 Å². The molecule has 1 atom stereocenters. The molecule has 1 saturated carbocycles. The molecule has 0 bridgehead atoms. The minimum Gasteiger partial charge on any atom is -0.335 e. The van der Waals surface area contributed by atoms with Crippen LogP contribution in [0.3, 0.4) is 0 Å². The van der Waals surface area contributed by atoms with E-state index >= 15 is 0 Å². The molecule has 17 heavy (non-hydrogen) atoms. The molecule has 2 rings (SSSR count). The van der Waals surface area contributed by atoms with Crippen molar-refractivity contribution in [1.29, 1.82) is 0 Å². The molecule has 1 aliphatic carbocycles. The minimum absolute atomic E-state index is 0.181. The van der Waals surface area contributed by atoms with E-state index in [1.165, 1.54) is 12.8 Å². The SMILES string of the molecule is CC1CCC(=O)N(CC(=O)C2CCCC2)CC1. The Kier molecular flexibility index (Phi) is 4.19. The first kappa shape index (κ1) is 12.6. The predicted molar refractivity (Wildman–Crippen MR) is 66.6 cm³/mol. The van der Waals surface area contributed by atoms with Gasteiger partial charge in [0.1, 0.15) is 0 Å². The van der Waals surface area contributed by atoms with Crippen molar-refractivity contribution in [3.8, 4) is 0 Å². The van der Waals surface area contributed by atoms with Crippen molar-refractivity contribution in [2.45, 2.75) is 51.9 Å². The molecule has 1 aliphatic heterocycles. The summed E-state index contributed by atoms with van der Waals surface area (Å²) in [7, 11) is 0. The van der Waals surface area contributed by atoms with Gasteiger partial charge in [0.2, 0.25) is 5.91 Å². The zero-order chi connectivity index (χ0) is 12.3. The van der Waals surface area contributed by atoms with E-state index < -0.39 is 0 Å². The number of likely N-dealkylation sites (tertiary alicyclic amines) is 1. The average Bonchev–Trinajstić information content (AvgIpc) is 2.80. The van der Waals surface area contributed by atoms with Gasteiger partial charge in [-0.25, -0.2) is 0 Å². The Labute approximate surface area is 104 Å². The Hall–Kier alpha value is -0.860. The maximum atomic E-state index is 12.1. The molecule has 96 valence electrons. The number of nitrogens with zero attached hydrogens (tertiary/aromatic N) is 1.